The fraction of sp³-hybridized carbons (Fsp3) is 0.333. The highest BCUT2D eigenvalue weighted by Crippen LogP contribution is 2.31. The molecule has 0 saturated carbocycles. The molecule has 0 aliphatic heterocycles. The number of hydrogen-bond acceptors (Lipinski definition) is 6. The third-order valence-corrected chi connectivity index (χ3v) is 5.89. The van der Waals surface area contributed by atoms with Crippen LogP contribution in [-0.2, 0) is 4.79 Å². The molecular formula is C24H27ClFN5O3. The number of fused-ring (bicyclic) bond motifs is 1. The summed E-state index contributed by atoms with van der Waals surface area (Å²) in [5, 5.41) is 16.0. The van der Waals surface area contributed by atoms with Gasteiger partial charge in [-0.05, 0) is 54.5 Å². The van der Waals surface area contributed by atoms with Crippen molar-refractivity contribution >= 4 is 40.3 Å². The molecule has 0 fully saturated rings. The molecule has 2 heterocycles. The number of nitrogens with zero attached hydrogens (tertiary/aromatic N) is 5. The van der Waals surface area contributed by atoms with Crippen LogP contribution in [0.2, 0.25) is 5.15 Å². The zero-order valence-corrected chi connectivity index (χ0v) is 20.5. The van der Waals surface area contributed by atoms with Crippen LogP contribution in [0.5, 0.6) is 0 Å². The van der Waals surface area contributed by atoms with Crippen LogP contribution >= 0.6 is 11.6 Å². The minimum Gasteiger partial charge on any atom is -0.388 e. The standard InChI is InChI=1S/C24H27ClFN5O3/c1-6-30(13-33)21(12-32)28-29(5)20-10-16-17(9-19(20)26)24(34)31(11-18(16)14(2)3)22-15(4)7-8-27-23(22)25/h7-11,13-14,32H,6,12H2,1-5H3/b28-21-. The lowest BCUT2D eigenvalue weighted by atomic mass is 9.97. The van der Waals surface area contributed by atoms with E-state index in [1.54, 1.807) is 31.5 Å². The van der Waals surface area contributed by atoms with E-state index >= 15 is 4.39 Å². The summed E-state index contributed by atoms with van der Waals surface area (Å²) in [6, 6.07) is 4.48. The number of anilines is 1. The molecule has 8 nitrogen and oxygen atoms in total. The monoisotopic (exact) mass is 487 g/mol. The largest absolute Gasteiger partial charge is 0.388 e. The number of pyridine rings is 2. The fourth-order valence-electron chi connectivity index (χ4n) is 3.78. The molecule has 34 heavy (non-hydrogen) atoms. The molecule has 1 aromatic carbocycles. The number of benzene rings is 1. The number of carbonyl (C=O) groups is 1. The van der Waals surface area contributed by atoms with Gasteiger partial charge in [0.05, 0.1) is 16.8 Å². The van der Waals surface area contributed by atoms with Crippen LogP contribution in [0, 0.1) is 12.7 Å². The fourth-order valence-corrected chi connectivity index (χ4v) is 4.08. The average Bonchev–Trinajstić information content (AvgIpc) is 2.79. The Morgan fingerprint density at radius 1 is 1.35 bits per heavy atom. The first-order valence-corrected chi connectivity index (χ1v) is 11.2. The van der Waals surface area contributed by atoms with Gasteiger partial charge in [-0.3, -0.25) is 24.1 Å². The molecule has 0 atom stereocenters. The van der Waals surface area contributed by atoms with E-state index in [-0.39, 0.29) is 28.0 Å². The summed E-state index contributed by atoms with van der Waals surface area (Å²) in [4.78, 5) is 30.0. The number of aliphatic hydroxyl groups is 1. The van der Waals surface area contributed by atoms with Crippen molar-refractivity contribution < 1.29 is 14.3 Å². The van der Waals surface area contributed by atoms with E-state index in [2.05, 4.69) is 10.1 Å². The first-order chi connectivity index (χ1) is 16.1. The Morgan fingerprint density at radius 3 is 2.62 bits per heavy atom. The second-order valence-electron chi connectivity index (χ2n) is 8.12. The van der Waals surface area contributed by atoms with Crippen molar-refractivity contribution in [1.29, 1.82) is 0 Å². The third kappa shape index (κ3) is 4.67. The number of carbonyl (C=O) groups excluding carboxylic acids is 1. The summed E-state index contributed by atoms with van der Waals surface area (Å²) in [6.45, 7) is 7.29. The number of amides is 1. The smallest absolute Gasteiger partial charge is 0.263 e. The highest BCUT2D eigenvalue weighted by atomic mass is 35.5. The first kappa shape index (κ1) is 25.3. The van der Waals surface area contributed by atoms with Crippen molar-refractivity contribution in [2.24, 2.45) is 5.10 Å². The lowest BCUT2D eigenvalue weighted by molar-refractivity contribution is -0.114. The van der Waals surface area contributed by atoms with Gasteiger partial charge in [0.2, 0.25) is 6.41 Å². The molecule has 3 aromatic rings. The van der Waals surface area contributed by atoms with E-state index in [0.717, 1.165) is 11.1 Å². The quantitative estimate of drug-likeness (QED) is 0.180. The topological polar surface area (TPSA) is 91.0 Å². The van der Waals surface area contributed by atoms with Crippen molar-refractivity contribution in [2.45, 2.75) is 33.6 Å². The second-order valence-corrected chi connectivity index (χ2v) is 8.48. The minimum atomic E-state index is -0.677. The molecule has 10 heteroatoms. The molecule has 0 radical (unpaired) electrons. The summed E-state index contributed by atoms with van der Waals surface area (Å²) < 4.78 is 16.7. The van der Waals surface area contributed by atoms with Gasteiger partial charge in [-0.2, -0.15) is 5.10 Å². The molecule has 2 aromatic heterocycles. The molecule has 0 spiro atoms. The summed E-state index contributed by atoms with van der Waals surface area (Å²) in [5.41, 5.74) is 1.68. The highest BCUT2D eigenvalue weighted by Gasteiger charge is 2.20. The molecule has 0 aliphatic carbocycles. The number of hydrogen-bond donors (Lipinski definition) is 1. The van der Waals surface area contributed by atoms with E-state index in [1.807, 2.05) is 20.8 Å². The maximum atomic E-state index is 15.3. The van der Waals surface area contributed by atoms with Gasteiger partial charge in [0.25, 0.3) is 5.56 Å². The third-order valence-electron chi connectivity index (χ3n) is 5.61. The number of aryl methyl sites for hydroxylation is 1. The van der Waals surface area contributed by atoms with Crippen LogP contribution < -0.4 is 10.6 Å². The van der Waals surface area contributed by atoms with Gasteiger partial charge in [0.15, 0.2) is 11.0 Å². The Hall–Kier alpha value is -3.30. The molecule has 180 valence electrons. The zero-order chi connectivity index (χ0) is 25.2. The predicted octanol–water partition coefficient (Wildman–Crippen LogP) is 3.83. The van der Waals surface area contributed by atoms with Crippen molar-refractivity contribution in [3.05, 3.63) is 63.0 Å². The molecule has 0 saturated heterocycles. The van der Waals surface area contributed by atoms with Crippen LogP contribution in [0.25, 0.3) is 16.5 Å². The van der Waals surface area contributed by atoms with Gasteiger partial charge in [-0.15, -0.1) is 0 Å². The SMILES string of the molecule is CCN(C=O)/C(CO)=N\N(C)c1cc2c(C(C)C)cn(-c3c(C)ccnc3Cl)c(=O)c2cc1F. The number of amidine groups is 1. The van der Waals surface area contributed by atoms with Crippen molar-refractivity contribution in [3.63, 3.8) is 0 Å². The van der Waals surface area contributed by atoms with Crippen LogP contribution in [0.4, 0.5) is 10.1 Å². The van der Waals surface area contributed by atoms with Gasteiger partial charge in [-0.1, -0.05) is 25.4 Å². The number of rotatable bonds is 7. The average molecular weight is 488 g/mol. The maximum Gasteiger partial charge on any atom is 0.263 e. The van der Waals surface area contributed by atoms with E-state index in [1.165, 1.54) is 27.6 Å². The minimum absolute atomic E-state index is 0.00382. The van der Waals surface area contributed by atoms with Crippen LogP contribution in [0.3, 0.4) is 0 Å². The first-order valence-electron chi connectivity index (χ1n) is 10.8. The Kier molecular flexibility index (Phi) is 7.68. The van der Waals surface area contributed by atoms with Crippen molar-refractivity contribution in [1.82, 2.24) is 14.5 Å². The van der Waals surface area contributed by atoms with Crippen LogP contribution in [0.1, 0.15) is 37.8 Å². The van der Waals surface area contributed by atoms with Crippen molar-refractivity contribution in [3.8, 4) is 5.69 Å². The molecule has 0 bridgehead atoms. The number of hydrazone groups is 1. The van der Waals surface area contributed by atoms with E-state index < -0.39 is 18.0 Å². The van der Waals surface area contributed by atoms with Crippen LogP contribution in [-0.4, -0.2) is 52.0 Å². The lowest BCUT2D eigenvalue weighted by Gasteiger charge is -2.22. The second kappa shape index (κ2) is 10.3. The summed E-state index contributed by atoms with van der Waals surface area (Å²) in [7, 11) is 1.51. The normalized spacial score (nSPS) is 11.9. The zero-order valence-electron chi connectivity index (χ0n) is 19.7. The number of likely N-dealkylation sites (N-methyl/N-ethyl adjacent to an activating group) is 1. The molecule has 1 amide bonds. The summed E-state index contributed by atoms with van der Waals surface area (Å²) >= 11 is 6.31. The Labute approximate surface area is 201 Å². The molecule has 0 aliphatic rings. The lowest BCUT2D eigenvalue weighted by Crippen LogP contribution is -2.34. The van der Waals surface area contributed by atoms with Gasteiger partial charge in [-0.25, -0.2) is 9.37 Å². The summed E-state index contributed by atoms with van der Waals surface area (Å²) in [5.74, 6) is -0.611. The maximum absolute atomic E-state index is 15.3. The molecule has 0 unspecified atom stereocenters. The van der Waals surface area contributed by atoms with Gasteiger partial charge in [0.1, 0.15) is 12.4 Å². The van der Waals surface area contributed by atoms with Gasteiger partial charge in [0, 0.05) is 26.0 Å². The molecule has 1 N–H and O–H groups in total. The van der Waals surface area contributed by atoms with E-state index in [9.17, 15) is 14.7 Å². The summed E-state index contributed by atoms with van der Waals surface area (Å²) in [6.07, 6.45) is 3.81. The van der Waals surface area contributed by atoms with Gasteiger partial charge >= 0.3 is 0 Å². The van der Waals surface area contributed by atoms with Gasteiger partial charge < -0.3 is 5.11 Å². The number of aromatic nitrogens is 2. The van der Waals surface area contributed by atoms with Crippen molar-refractivity contribution in [2.75, 3.05) is 25.2 Å². The number of aliphatic hydroxyl groups excluding tert-OH is 1. The molecular weight excluding hydrogens is 461 g/mol. The number of halogens is 2. The molecule has 3 rings (SSSR count). The Balaban J connectivity index is 2.28. The van der Waals surface area contributed by atoms with E-state index in [0.29, 0.717) is 24.0 Å². The van der Waals surface area contributed by atoms with Crippen LogP contribution in [0.15, 0.2) is 40.5 Å². The Morgan fingerprint density at radius 2 is 2.06 bits per heavy atom. The predicted molar refractivity (Wildman–Crippen MR) is 133 cm³/mol. The van der Waals surface area contributed by atoms with E-state index in [4.69, 9.17) is 11.6 Å². The Bertz CT molecular complexity index is 1300. The highest BCUT2D eigenvalue weighted by molar-refractivity contribution is 6.31.